The molecule has 2 amide bonds. The van der Waals surface area contributed by atoms with E-state index in [9.17, 15) is 9.90 Å². The van der Waals surface area contributed by atoms with Gasteiger partial charge in [-0.3, -0.25) is 0 Å². The monoisotopic (exact) mass is 341 g/mol. The van der Waals surface area contributed by atoms with E-state index in [0.717, 1.165) is 5.56 Å². The maximum atomic E-state index is 12.5. The van der Waals surface area contributed by atoms with Crippen molar-refractivity contribution in [3.05, 3.63) is 60.3 Å². The normalized spacial score (nSPS) is 21.0. The summed E-state index contributed by atoms with van der Waals surface area (Å²) in [5.74, 6) is 0.245. The molecule has 1 aliphatic rings. The molecule has 1 saturated heterocycles. The van der Waals surface area contributed by atoms with Crippen molar-refractivity contribution in [3.8, 4) is 0 Å². The van der Waals surface area contributed by atoms with Crippen LogP contribution in [0.5, 0.6) is 0 Å². The molecule has 1 fully saturated rings. The minimum Gasteiger partial charge on any atom is -0.371 e. The summed E-state index contributed by atoms with van der Waals surface area (Å²) in [5.41, 5.74) is 1.40. The Hall–Kier alpha value is -2.60. The fourth-order valence-corrected chi connectivity index (χ4v) is 3.15. The van der Waals surface area contributed by atoms with Gasteiger partial charge >= 0.3 is 6.03 Å². The van der Waals surface area contributed by atoms with Crippen LogP contribution < -0.4 is 4.90 Å². The van der Waals surface area contributed by atoms with Crippen molar-refractivity contribution in [2.75, 3.05) is 11.9 Å². The number of nitrogens with zero attached hydrogens (tertiary/aromatic N) is 3. The molecule has 0 saturated carbocycles. The van der Waals surface area contributed by atoms with Crippen molar-refractivity contribution in [2.24, 2.45) is 0 Å². The summed E-state index contributed by atoms with van der Waals surface area (Å²) in [7, 11) is 1.66. The zero-order valence-corrected chi connectivity index (χ0v) is 14.7. The highest BCUT2D eigenvalue weighted by atomic mass is 16.5. The van der Waals surface area contributed by atoms with E-state index in [1.165, 1.54) is 9.80 Å². The second-order valence-corrected chi connectivity index (χ2v) is 6.81. The molecule has 6 heteroatoms. The third-order valence-corrected chi connectivity index (χ3v) is 4.89. The van der Waals surface area contributed by atoms with Gasteiger partial charge in [-0.15, -0.1) is 6.58 Å². The number of anilines is 1. The summed E-state index contributed by atoms with van der Waals surface area (Å²) in [6.07, 6.45) is 1.18. The van der Waals surface area contributed by atoms with Gasteiger partial charge in [-0.05, 0) is 12.0 Å². The molecule has 0 radical (unpaired) electrons. The van der Waals surface area contributed by atoms with Gasteiger partial charge in [0, 0.05) is 18.5 Å². The summed E-state index contributed by atoms with van der Waals surface area (Å²) in [6.45, 7) is 7.76. The van der Waals surface area contributed by atoms with E-state index in [-0.39, 0.29) is 23.4 Å². The zero-order valence-electron chi connectivity index (χ0n) is 14.7. The van der Waals surface area contributed by atoms with Crippen LogP contribution in [0.4, 0.5) is 10.7 Å². The molecule has 2 unspecified atom stereocenters. The maximum absolute atomic E-state index is 12.5. The molecule has 0 spiro atoms. The molecule has 2 aromatic rings. The average Bonchev–Trinajstić information content (AvgIpc) is 3.16. The molecule has 6 nitrogen and oxygen atoms in total. The number of aliphatic hydroxyl groups excluding tert-OH is 1. The second kappa shape index (κ2) is 6.37. The third-order valence-electron chi connectivity index (χ3n) is 4.89. The Morgan fingerprint density at radius 3 is 2.68 bits per heavy atom. The molecule has 1 N–H and O–H groups in total. The van der Waals surface area contributed by atoms with Crippen molar-refractivity contribution < 1.29 is 14.4 Å². The van der Waals surface area contributed by atoms with E-state index in [1.807, 2.05) is 44.2 Å². The smallest absolute Gasteiger partial charge is 0.329 e. The predicted octanol–water partition coefficient (Wildman–Crippen LogP) is 3.14. The Labute approximate surface area is 147 Å². The fraction of sp³-hybridized carbons (Fsp3) is 0.368. The molecule has 3 rings (SSSR count). The molecule has 1 aromatic heterocycles. The first-order valence-electron chi connectivity index (χ1n) is 8.25. The van der Waals surface area contributed by atoms with Crippen molar-refractivity contribution in [1.29, 1.82) is 0 Å². The standard InChI is InChI=1S/C19H23N3O3/c1-5-9-14-17(23)22(18(24)21(14)4)16-12-15(20-25-16)19(2,3)13-10-7-6-8-11-13/h5-8,10-12,14,17,23H,1,9H2,2-4H3. The molecular formula is C19H23N3O3. The average molecular weight is 341 g/mol. The Balaban J connectivity index is 1.91. The lowest BCUT2D eigenvalue weighted by Gasteiger charge is -2.22. The van der Waals surface area contributed by atoms with Gasteiger partial charge in [0.25, 0.3) is 0 Å². The number of benzene rings is 1. The van der Waals surface area contributed by atoms with Crippen LogP contribution in [0.25, 0.3) is 0 Å². The number of likely N-dealkylation sites (N-methyl/N-ethyl adjacent to an activating group) is 1. The van der Waals surface area contributed by atoms with Gasteiger partial charge in [0.05, 0.1) is 11.7 Å². The Kier molecular flexibility index (Phi) is 4.39. The van der Waals surface area contributed by atoms with Gasteiger partial charge in [-0.25, -0.2) is 9.69 Å². The highest BCUT2D eigenvalue weighted by molar-refractivity contribution is 5.93. The van der Waals surface area contributed by atoms with E-state index in [0.29, 0.717) is 12.1 Å². The number of carbonyl (C=O) groups is 1. The van der Waals surface area contributed by atoms with Gasteiger partial charge in [0.2, 0.25) is 5.88 Å². The van der Waals surface area contributed by atoms with Crippen molar-refractivity contribution in [3.63, 3.8) is 0 Å². The number of aliphatic hydroxyl groups is 1. The number of hydrogen-bond donors (Lipinski definition) is 1. The lowest BCUT2D eigenvalue weighted by molar-refractivity contribution is 0.127. The molecule has 0 aliphatic carbocycles. The van der Waals surface area contributed by atoms with E-state index >= 15 is 0 Å². The molecule has 1 aromatic carbocycles. The Morgan fingerprint density at radius 2 is 2.04 bits per heavy atom. The van der Waals surface area contributed by atoms with Crippen LogP contribution in [0.3, 0.4) is 0 Å². The SMILES string of the molecule is C=CCC1C(O)N(c2cc(C(C)(C)c3ccccc3)no2)C(=O)N1C. The van der Waals surface area contributed by atoms with Crippen LogP contribution in [-0.2, 0) is 5.41 Å². The summed E-state index contributed by atoms with van der Waals surface area (Å²) >= 11 is 0. The first-order chi connectivity index (χ1) is 11.9. The maximum Gasteiger partial charge on any atom is 0.329 e. The fourth-order valence-electron chi connectivity index (χ4n) is 3.15. The first kappa shape index (κ1) is 17.2. The number of carbonyl (C=O) groups excluding carboxylic acids is 1. The van der Waals surface area contributed by atoms with Gasteiger partial charge < -0.3 is 14.5 Å². The van der Waals surface area contributed by atoms with E-state index in [2.05, 4.69) is 11.7 Å². The summed E-state index contributed by atoms with van der Waals surface area (Å²) in [6, 6.07) is 11.0. The Morgan fingerprint density at radius 1 is 1.36 bits per heavy atom. The molecule has 0 bridgehead atoms. The van der Waals surface area contributed by atoms with Crippen LogP contribution in [0.1, 0.15) is 31.5 Å². The molecule has 1 aliphatic heterocycles. The largest absolute Gasteiger partial charge is 0.371 e. The summed E-state index contributed by atoms with van der Waals surface area (Å²) < 4.78 is 5.41. The van der Waals surface area contributed by atoms with Gasteiger partial charge in [0.1, 0.15) is 0 Å². The quantitative estimate of drug-likeness (QED) is 0.848. The topological polar surface area (TPSA) is 69.8 Å². The van der Waals surface area contributed by atoms with Gasteiger partial charge in [-0.2, -0.15) is 0 Å². The number of aromatic nitrogens is 1. The molecule has 2 atom stereocenters. The van der Waals surface area contributed by atoms with E-state index in [1.54, 1.807) is 19.2 Å². The molecule has 25 heavy (non-hydrogen) atoms. The number of rotatable bonds is 5. The van der Waals surface area contributed by atoms with Crippen LogP contribution in [0.15, 0.2) is 53.6 Å². The van der Waals surface area contributed by atoms with Crippen LogP contribution in [-0.4, -0.2) is 40.5 Å². The lowest BCUT2D eigenvalue weighted by Crippen LogP contribution is -2.36. The van der Waals surface area contributed by atoms with Crippen molar-refractivity contribution >= 4 is 11.9 Å². The number of amides is 2. The predicted molar refractivity (Wildman–Crippen MR) is 95.3 cm³/mol. The Bertz CT molecular complexity index is 769. The van der Waals surface area contributed by atoms with Gasteiger partial charge in [-0.1, -0.05) is 55.4 Å². The minimum absolute atomic E-state index is 0.245. The highest BCUT2D eigenvalue weighted by Crippen LogP contribution is 2.35. The van der Waals surface area contributed by atoms with Crippen LogP contribution in [0.2, 0.25) is 0 Å². The van der Waals surface area contributed by atoms with Crippen molar-refractivity contribution in [2.45, 2.75) is 38.0 Å². The first-order valence-corrected chi connectivity index (χ1v) is 8.25. The number of urea groups is 1. The van der Waals surface area contributed by atoms with Crippen molar-refractivity contribution in [1.82, 2.24) is 10.1 Å². The zero-order chi connectivity index (χ0) is 18.2. The molecule has 132 valence electrons. The highest BCUT2D eigenvalue weighted by Gasteiger charge is 2.45. The third kappa shape index (κ3) is 2.82. The van der Waals surface area contributed by atoms with Gasteiger partial charge in [0.15, 0.2) is 6.23 Å². The second-order valence-electron chi connectivity index (χ2n) is 6.81. The molecular weight excluding hydrogens is 318 g/mol. The lowest BCUT2D eigenvalue weighted by atomic mass is 9.81. The van der Waals surface area contributed by atoms with E-state index < -0.39 is 6.23 Å². The minimum atomic E-state index is -1.00. The van der Waals surface area contributed by atoms with Crippen LogP contribution in [0, 0.1) is 0 Å². The van der Waals surface area contributed by atoms with E-state index in [4.69, 9.17) is 4.52 Å². The molecule has 2 heterocycles. The van der Waals surface area contributed by atoms with Crippen LogP contribution >= 0.6 is 0 Å². The summed E-state index contributed by atoms with van der Waals surface area (Å²) in [5, 5.41) is 14.7. The number of hydrogen-bond acceptors (Lipinski definition) is 4. The summed E-state index contributed by atoms with van der Waals surface area (Å²) in [4.78, 5) is 15.2.